The maximum Gasteiger partial charge on any atom is 1.00 e. The molecule has 0 bridgehead atoms. The van der Waals surface area contributed by atoms with Gasteiger partial charge in [0.1, 0.15) is 0 Å². The van der Waals surface area contributed by atoms with Gasteiger partial charge < -0.3 is 14.8 Å². The smallest absolute Gasteiger partial charge is 0.545 e. The van der Waals surface area contributed by atoms with Crippen LogP contribution >= 0.6 is 0 Å². The Hall–Kier alpha value is -2.40. The summed E-state index contributed by atoms with van der Waals surface area (Å²) >= 11 is 0. The van der Waals surface area contributed by atoms with Gasteiger partial charge in [-0.3, -0.25) is 4.79 Å². The summed E-state index contributed by atoms with van der Waals surface area (Å²) in [6, 6.07) is 25.3. The Balaban J connectivity index is 0.00000324. The number of benzene rings is 3. The van der Waals surface area contributed by atoms with E-state index in [1.54, 1.807) is 24.3 Å². The van der Waals surface area contributed by atoms with E-state index in [1.807, 2.05) is 23.1 Å². The molecule has 1 amide bonds. The fourth-order valence-electron chi connectivity index (χ4n) is 4.64. The number of rotatable bonds is 9. The van der Waals surface area contributed by atoms with Crippen molar-refractivity contribution in [2.75, 3.05) is 6.54 Å². The number of aryl methyl sites for hydroxylation is 1. The molecule has 0 aliphatic heterocycles. The number of aromatic carboxylic acids is 1. The van der Waals surface area contributed by atoms with Crippen LogP contribution < -0.4 is 34.7 Å². The Morgan fingerprint density at radius 2 is 1.38 bits per heavy atom. The largest absolute Gasteiger partial charge is 1.00 e. The first-order valence-electron chi connectivity index (χ1n) is 11.8. The zero-order chi connectivity index (χ0) is 23.0. The number of hydrogen-bond acceptors (Lipinski definition) is 3. The molecule has 0 unspecified atom stereocenters. The zero-order valence-corrected chi connectivity index (χ0v) is 21.9. The minimum Gasteiger partial charge on any atom is -0.545 e. The summed E-state index contributed by atoms with van der Waals surface area (Å²) in [6.45, 7) is 1.38. The molecule has 1 saturated carbocycles. The van der Waals surface area contributed by atoms with Gasteiger partial charge in [0.05, 0.1) is 5.97 Å². The first-order chi connectivity index (χ1) is 16.1. The Bertz CT molecular complexity index is 1060. The fraction of sp³-hybridized carbons (Fsp3) is 0.310. The van der Waals surface area contributed by atoms with Crippen LogP contribution in [0.3, 0.4) is 0 Å². The molecule has 34 heavy (non-hydrogen) atoms. The first kappa shape index (κ1) is 26.2. The average Bonchev–Trinajstić information content (AvgIpc) is 3.39. The third-order valence-corrected chi connectivity index (χ3v) is 6.53. The standard InChI is InChI=1S/C29H31NO3.Na/c31-28(26-10-4-5-11-26)30(20-6-9-22-7-2-1-3-8-22)21-23-12-14-24(15-13-23)25-16-18-27(19-17-25)29(32)33;/h1-3,7-8,12-19,26H,4-6,9-11,20-21H2,(H,32,33);/q;+1/p-1. The van der Waals surface area contributed by atoms with E-state index in [1.165, 1.54) is 5.56 Å². The minimum atomic E-state index is -1.17. The average molecular weight is 464 g/mol. The molecule has 0 radical (unpaired) electrons. The van der Waals surface area contributed by atoms with E-state index in [0.29, 0.717) is 12.5 Å². The second-order valence-electron chi connectivity index (χ2n) is 8.89. The van der Waals surface area contributed by atoms with Crippen molar-refractivity contribution < 1.29 is 44.3 Å². The predicted molar refractivity (Wildman–Crippen MR) is 128 cm³/mol. The molecule has 0 heterocycles. The van der Waals surface area contributed by atoms with Crippen LogP contribution in [0.4, 0.5) is 0 Å². The van der Waals surface area contributed by atoms with E-state index in [9.17, 15) is 14.7 Å². The van der Waals surface area contributed by atoms with Crippen LogP contribution in [0.2, 0.25) is 0 Å². The molecule has 0 aromatic heterocycles. The van der Waals surface area contributed by atoms with Gasteiger partial charge in [0, 0.05) is 19.0 Å². The number of carbonyl (C=O) groups excluding carboxylic acids is 2. The monoisotopic (exact) mass is 463 g/mol. The van der Waals surface area contributed by atoms with Crippen molar-refractivity contribution in [3.8, 4) is 11.1 Å². The summed E-state index contributed by atoms with van der Waals surface area (Å²) in [5.74, 6) is -0.707. The molecule has 3 aromatic carbocycles. The van der Waals surface area contributed by atoms with Crippen LogP contribution in [-0.4, -0.2) is 23.3 Å². The van der Waals surface area contributed by atoms with Gasteiger partial charge in [0.25, 0.3) is 0 Å². The summed E-state index contributed by atoms with van der Waals surface area (Å²) in [7, 11) is 0. The van der Waals surface area contributed by atoms with Gasteiger partial charge in [-0.05, 0) is 53.5 Å². The summed E-state index contributed by atoms with van der Waals surface area (Å²) in [4.78, 5) is 26.2. The molecule has 0 saturated heterocycles. The van der Waals surface area contributed by atoms with Crippen molar-refractivity contribution >= 4 is 11.9 Å². The van der Waals surface area contributed by atoms with Gasteiger partial charge in [0.2, 0.25) is 5.91 Å². The van der Waals surface area contributed by atoms with Gasteiger partial charge >= 0.3 is 29.6 Å². The van der Waals surface area contributed by atoms with Crippen LogP contribution in [-0.2, 0) is 17.8 Å². The molecule has 1 aliphatic rings. The molecule has 1 aliphatic carbocycles. The Morgan fingerprint density at radius 1 is 0.794 bits per heavy atom. The van der Waals surface area contributed by atoms with Gasteiger partial charge in [0.15, 0.2) is 0 Å². The van der Waals surface area contributed by atoms with Gasteiger partial charge in [-0.25, -0.2) is 0 Å². The Morgan fingerprint density at radius 3 is 1.97 bits per heavy atom. The summed E-state index contributed by atoms with van der Waals surface area (Å²) in [5.41, 5.74) is 4.55. The molecule has 3 aromatic rings. The van der Waals surface area contributed by atoms with Crippen LogP contribution in [0.15, 0.2) is 78.9 Å². The van der Waals surface area contributed by atoms with Crippen LogP contribution in [0, 0.1) is 5.92 Å². The number of carboxylic acids is 1. The second kappa shape index (κ2) is 12.9. The molecule has 0 atom stereocenters. The van der Waals surface area contributed by atoms with Gasteiger partial charge in [-0.2, -0.15) is 0 Å². The van der Waals surface area contributed by atoms with Crippen LogP contribution in [0.25, 0.3) is 11.1 Å². The normalized spacial score (nSPS) is 13.3. The quantitative estimate of drug-likeness (QED) is 0.456. The molecular weight excluding hydrogens is 433 g/mol. The van der Waals surface area contributed by atoms with Crippen molar-refractivity contribution in [1.29, 1.82) is 0 Å². The van der Waals surface area contributed by atoms with Gasteiger partial charge in [-0.15, -0.1) is 0 Å². The van der Waals surface area contributed by atoms with E-state index in [4.69, 9.17) is 0 Å². The SMILES string of the molecule is O=C([O-])c1ccc(-c2ccc(CN(CCCc3ccccc3)C(=O)C3CCCC3)cc2)cc1.[Na+]. The third kappa shape index (κ3) is 7.05. The number of nitrogens with zero attached hydrogens (tertiary/aromatic N) is 1. The molecule has 5 heteroatoms. The van der Waals surface area contributed by atoms with Crippen molar-refractivity contribution in [3.63, 3.8) is 0 Å². The minimum absolute atomic E-state index is 0. The second-order valence-corrected chi connectivity index (χ2v) is 8.89. The van der Waals surface area contributed by atoms with E-state index in [-0.39, 0.29) is 41.0 Å². The molecule has 0 spiro atoms. The summed E-state index contributed by atoms with van der Waals surface area (Å²) < 4.78 is 0. The molecule has 4 rings (SSSR count). The number of hydrogen-bond donors (Lipinski definition) is 0. The van der Waals surface area contributed by atoms with Crippen molar-refractivity contribution in [1.82, 2.24) is 4.90 Å². The maximum absolute atomic E-state index is 13.2. The molecule has 1 fully saturated rings. The molecular formula is C29H30NNaO3. The van der Waals surface area contributed by atoms with Gasteiger partial charge in [-0.1, -0.05) is 91.7 Å². The maximum atomic E-state index is 13.2. The number of amides is 1. The fourth-order valence-corrected chi connectivity index (χ4v) is 4.64. The topological polar surface area (TPSA) is 60.4 Å². The van der Waals surface area contributed by atoms with E-state index < -0.39 is 5.97 Å². The third-order valence-electron chi connectivity index (χ3n) is 6.53. The van der Waals surface area contributed by atoms with Crippen LogP contribution in [0.1, 0.15) is 53.6 Å². The van der Waals surface area contributed by atoms with E-state index in [0.717, 1.165) is 61.8 Å². The first-order valence-corrected chi connectivity index (χ1v) is 11.8. The number of carboxylic acid groups (broad SMARTS) is 1. The van der Waals surface area contributed by atoms with Crippen molar-refractivity contribution in [2.24, 2.45) is 5.92 Å². The predicted octanol–water partition coefficient (Wildman–Crippen LogP) is 1.87. The molecule has 0 N–H and O–H groups in total. The summed E-state index contributed by atoms with van der Waals surface area (Å²) in [6.07, 6.45) is 6.24. The van der Waals surface area contributed by atoms with Crippen LogP contribution in [0.5, 0.6) is 0 Å². The van der Waals surface area contributed by atoms with Crippen molar-refractivity contribution in [2.45, 2.75) is 45.1 Å². The Labute approximate surface area is 224 Å². The zero-order valence-electron chi connectivity index (χ0n) is 19.9. The summed E-state index contributed by atoms with van der Waals surface area (Å²) in [5, 5.41) is 11.0. The number of carbonyl (C=O) groups is 2. The molecule has 4 nitrogen and oxygen atoms in total. The molecule has 170 valence electrons. The van der Waals surface area contributed by atoms with Crippen molar-refractivity contribution in [3.05, 3.63) is 95.6 Å². The van der Waals surface area contributed by atoms with E-state index in [2.05, 4.69) is 36.4 Å². The Kier molecular flexibility index (Phi) is 9.94. The van der Waals surface area contributed by atoms with E-state index >= 15 is 0 Å².